The van der Waals surface area contributed by atoms with Crippen molar-refractivity contribution in [2.24, 2.45) is 0 Å². The number of alkyl halides is 1. The van der Waals surface area contributed by atoms with Crippen LogP contribution in [0, 0.1) is 0 Å². The third-order valence-corrected chi connectivity index (χ3v) is 2.32. The quantitative estimate of drug-likeness (QED) is 0.651. The van der Waals surface area contributed by atoms with Crippen LogP contribution in [0.5, 0.6) is 0 Å². The lowest BCUT2D eigenvalue weighted by atomic mass is 10.1. The zero-order chi connectivity index (χ0) is 12.6. The largest absolute Gasteiger partial charge is 0.480 e. The number of halogens is 1. The molecule has 0 aliphatic carbocycles. The highest BCUT2D eigenvalue weighted by molar-refractivity contribution is 5.81. The van der Waals surface area contributed by atoms with Crippen molar-refractivity contribution in [2.45, 2.75) is 45.2 Å². The van der Waals surface area contributed by atoms with Crippen LogP contribution in [-0.4, -0.2) is 41.6 Å². The third-order valence-electron chi connectivity index (χ3n) is 2.32. The summed E-state index contributed by atoms with van der Waals surface area (Å²) in [4.78, 5) is 22.7. The third kappa shape index (κ3) is 7.20. The Morgan fingerprint density at radius 2 is 2.00 bits per heavy atom. The summed E-state index contributed by atoms with van der Waals surface area (Å²) >= 11 is 0. The van der Waals surface area contributed by atoms with Gasteiger partial charge >= 0.3 is 5.97 Å². The summed E-state index contributed by atoms with van der Waals surface area (Å²) in [5.74, 6) is -1.54. The van der Waals surface area contributed by atoms with E-state index in [9.17, 15) is 14.0 Å². The Hall–Kier alpha value is -1.13. The van der Waals surface area contributed by atoms with Crippen LogP contribution in [0.25, 0.3) is 0 Å². The molecule has 4 nitrogen and oxygen atoms in total. The minimum Gasteiger partial charge on any atom is -0.480 e. The number of carbonyl (C=O) groups is 2. The fourth-order valence-electron chi connectivity index (χ4n) is 1.35. The molecule has 0 fully saturated rings. The maximum absolute atomic E-state index is 13.3. The monoisotopic (exact) mass is 233 g/mol. The van der Waals surface area contributed by atoms with E-state index in [1.165, 1.54) is 7.05 Å². The predicted octanol–water partition coefficient (Wildman–Crippen LogP) is 1.84. The molecule has 0 aromatic heterocycles. The van der Waals surface area contributed by atoms with Crippen LogP contribution < -0.4 is 0 Å². The smallest absolute Gasteiger partial charge is 0.323 e. The van der Waals surface area contributed by atoms with Gasteiger partial charge in [0.1, 0.15) is 12.7 Å². The number of aliphatic carboxylic acids is 1. The normalized spacial score (nSPS) is 12.2. The van der Waals surface area contributed by atoms with Gasteiger partial charge in [-0.15, -0.1) is 0 Å². The molecule has 0 aliphatic rings. The van der Waals surface area contributed by atoms with E-state index < -0.39 is 18.0 Å². The van der Waals surface area contributed by atoms with Crippen LogP contribution in [-0.2, 0) is 9.59 Å². The van der Waals surface area contributed by atoms with Gasteiger partial charge in [-0.3, -0.25) is 9.59 Å². The number of carboxylic acid groups (broad SMARTS) is 1. The first kappa shape index (κ1) is 14.9. The Balaban J connectivity index is 3.80. The minimum atomic E-state index is -1.16. The van der Waals surface area contributed by atoms with Gasteiger partial charge in [-0.05, 0) is 6.42 Å². The lowest BCUT2D eigenvalue weighted by molar-refractivity contribution is -0.143. The topological polar surface area (TPSA) is 57.6 Å². The van der Waals surface area contributed by atoms with E-state index in [1.807, 2.05) is 6.92 Å². The van der Waals surface area contributed by atoms with Gasteiger partial charge in [-0.1, -0.05) is 26.2 Å². The molecule has 0 radical (unpaired) electrons. The van der Waals surface area contributed by atoms with Gasteiger partial charge in [-0.2, -0.15) is 0 Å². The standard InChI is InChI=1S/C11H20FNO3/c1-3-4-5-6-9(12)7-10(14)13(2)8-11(15)16/h9H,3-8H2,1-2H3,(H,15,16). The predicted molar refractivity (Wildman–Crippen MR) is 58.9 cm³/mol. The van der Waals surface area contributed by atoms with E-state index in [1.54, 1.807) is 0 Å². The van der Waals surface area contributed by atoms with E-state index in [0.29, 0.717) is 6.42 Å². The van der Waals surface area contributed by atoms with Crippen molar-refractivity contribution in [1.82, 2.24) is 4.90 Å². The van der Waals surface area contributed by atoms with Crippen molar-refractivity contribution >= 4 is 11.9 Å². The molecule has 0 saturated heterocycles. The molecule has 1 atom stereocenters. The van der Waals surface area contributed by atoms with Gasteiger partial charge < -0.3 is 10.0 Å². The summed E-state index contributed by atoms with van der Waals surface area (Å²) < 4.78 is 13.3. The molecule has 1 amide bonds. The fourth-order valence-corrected chi connectivity index (χ4v) is 1.35. The second kappa shape index (κ2) is 8.07. The van der Waals surface area contributed by atoms with Crippen LogP contribution in [0.1, 0.15) is 39.0 Å². The van der Waals surface area contributed by atoms with Gasteiger partial charge in [0.2, 0.25) is 5.91 Å². The average molecular weight is 233 g/mol. The van der Waals surface area contributed by atoms with E-state index in [2.05, 4.69) is 0 Å². The summed E-state index contributed by atoms with van der Waals surface area (Å²) in [6.45, 7) is 1.65. The number of rotatable bonds is 8. The van der Waals surface area contributed by atoms with Crippen LogP contribution in [0.15, 0.2) is 0 Å². The molecule has 0 aliphatic heterocycles. The van der Waals surface area contributed by atoms with Gasteiger partial charge in [0.15, 0.2) is 0 Å². The highest BCUT2D eigenvalue weighted by Gasteiger charge is 2.17. The molecule has 0 aromatic rings. The molecule has 1 N–H and O–H groups in total. The first-order valence-electron chi connectivity index (χ1n) is 5.57. The molecular formula is C11H20FNO3. The van der Waals surface area contributed by atoms with E-state index in [0.717, 1.165) is 24.2 Å². The molecular weight excluding hydrogens is 213 g/mol. The summed E-state index contributed by atoms with van der Waals surface area (Å²) in [5, 5.41) is 8.45. The Labute approximate surface area is 95.4 Å². The zero-order valence-electron chi connectivity index (χ0n) is 9.91. The molecule has 1 unspecified atom stereocenters. The lowest BCUT2D eigenvalue weighted by Gasteiger charge is -2.16. The highest BCUT2D eigenvalue weighted by atomic mass is 19.1. The first-order valence-corrected chi connectivity index (χ1v) is 5.57. The molecule has 0 bridgehead atoms. The highest BCUT2D eigenvalue weighted by Crippen LogP contribution is 2.11. The minimum absolute atomic E-state index is 0.215. The number of unbranched alkanes of at least 4 members (excludes halogenated alkanes) is 2. The Bertz CT molecular complexity index is 233. The van der Waals surface area contributed by atoms with E-state index in [-0.39, 0.29) is 13.0 Å². The number of hydrogen-bond acceptors (Lipinski definition) is 2. The number of carbonyl (C=O) groups excluding carboxylic acids is 1. The lowest BCUT2D eigenvalue weighted by Crippen LogP contribution is -2.33. The summed E-state index contributed by atoms with van der Waals surface area (Å²) in [6, 6.07) is 0. The molecule has 5 heteroatoms. The first-order chi connectivity index (χ1) is 7.47. The van der Waals surface area contributed by atoms with E-state index >= 15 is 0 Å². The number of likely N-dealkylation sites (N-methyl/N-ethyl adjacent to an activating group) is 1. The van der Waals surface area contributed by atoms with Crippen LogP contribution in [0.2, 0.25) is 0 Å². The summed E-state index contributed by atoms with van der Waals surface area (Å²) in [7, 11) is 1.37. The number of carboxylic acids is 1. The Morgan fingerprint density at radius 3 is 2.50 bits per heavy atom. The van der Waals surface area contributed by atoms with E-state index in [4.69, 9.17) is 5.11 Å². The molecule has 0 aromatic carbocycles. The SMILES string of the molecule is CCCCCC(F)CC(=O)N(C)CC(=O)O. The maximum Gasteiger partial charge on any atom is 0.323 e. The van der Waals surface area contributed by atoms with Crippen molar-refractivity contribution in [3.63, 3.8) is 0 Å². The zero-order valence-corrected chi connectivity index (χ0v) is 9.91. The van der Waals surface area contributed by atoms with Gasteiger partial charge in [0.05, 0.1) is 6.42 Å². The van der Waals surface area contributed by atoms with Crippen molar-refractivity contribution in [3.05, 3.63) is 0 Å². The molecule has 0 saturated carbocycles. The summed E-state index contributed by atoms with van der Waals surface area (Å²) in [5.41, 5.74) is 0. The maximum atomic E-state index is 13.3. The molecule has 0 rings (SSSR count). The molecule has 0 heterocycles. The summed E-state index contributed by atoms with van der Waals surface area (Å²) in [6.07, 6.45) is 1.75. The fraction of sp³-hybridized carbons (Fsp3) is 0.818. The number of nitrogens with zero attached hydrogens (tertiary/aromatic N) is 1. The molecule has 0 spiro atoms. The van der Waals surface area contributed by atoms with Crippen molar-refractivity contribution in [2.75, 3.05) is 13.6 Å². The molecule has 16 heavy (non-hydrogen) atoms. The van der Waals surface area contributed by atoms with Crippen LogP contribution >= 0.6 is 0 Å². The number of amides is 1. The number of hydrogen-bond donors (Lipinski definition) is 1. The van der Waals surface area contributed by atoms with Gasteiger partial charge in [0.25, 0.3) is 0 Å². The van der Waals surface area contributed by atoms with Crippen molar-refractivity contribution in [1.29, 1.82) is 0 Å². The van der Waals surface area contributed by atoms with Gasteiger partial charge in [-0.25, -0.2) is 4.39 Å². The second-order valence-corrected chi connectivity index (χ2v) is 3.94. The second-order valence-electron chi connectivity index (χ2n) is 3.94. The molecule has 94 valence electrons. The van der Waals surface area contributed by atoms with Crippen molar-refractivity contribution < 1.29 is 19.1 Å². The van der Waals surface area contributed by atoms with Crippen molar-refractivity contribution in [3.8, 4) is 0 Å². The van der Waals surface area contributed by atoms with Gasteiger partial charge in [0, 0.05) is 7.05 Å². The average Bonchev–Trinajstić information content (AvgIpc) is 2.16. The van der Waals surface area contributed by atoms with Crippen LogP contribution in [0.3, 0.4) is 0 Å². The Morgan fingerprint density at radius 1 is 1.38 bits per heavy atom. The Kier molecular flexibility index (Phi) is 7.50. The van der Waals surface area contributed by atoms with Crippen LogP contribution in [0.4, 0.5) is 4.39 Å².